The number of hydrogen-bond donors (Lipinski definition) is 1. The van der Waals surface area contributed by atoms with E-state index in [1.165, 1.54) is 46.6 Å². The number of benzene rings is 3. The molecule has 5 rings (SSSR count). The van der Waals surface area contributed by atoms with Crippen molar-refractivity contribution in [2.24, 2.45) is 4.99 Å². The van der Waals surface area contributed by atoms with Crippen molar-refractivity contribution >= 4 is 17.4 Å². The molecule has 0 saturated heterocycles. The monoisotopic (exact) mass is 664 g/mol. The van der Waals surface area contributed by atoms with E-state index in [9.17, 15) is 18.0 Å². The maximum absolute atomic E-state index is 13.0. The minimum Gasteiger partial charge on any atom is -0.497 e. The maximum atomic E-state index is 13.0. The first kappa shape index (κ1) is 33.5. The van der Waals surface area contributed by atoms with Crippen molar-refractivity contribution in [3.8, 4) is 34.3 Å². The summed E-state index contributed by atoms with van der Waals surface area (Å²) in [6.45, 7) is 8.70. The Labute approximate surface area is 274 Å². The van der Waals surface area contributed by atoms with Crippen LogP contribution in [-0.4, -0.2) is 45.4 Å². The highest BCUT2D eigenvalue weighted by Crippen LogP contribution is 2.29. The van der Waals surface area contributed by atoms with Gasteiger partial charge in [-0.3, -0.25) is 4.57 Å². The number of urea groups is 1. The fourth-order valence-electron chi connectivity index (χ4n) is 5.15. The number of methoxy groups -OCH3 is 1. The zero-order valence-corrected chi connectivity index (χ0v) is 27.4. The van der Waals surface area contributed by atoms with E-state index >= 15 is 0 Å². The first-order valence-corrected chi connectivity index (χ1v) is 15.9. The molecule has 246 valence electrons. The average molecular weight is 665 g/mol. The predicted molar refractivity (Wildman–Crippen MR) is 174 cm³/mol. The Balaban J connectivity index is 1.26. The lowest BCUT2D eigenvalue weighted by Gasteiger charge is -2.17. The third kappa shape index (κ3) is 8.09. The average Bonchev–Trinajstić information content (AvgIpc) is 3.68. The second-order valence-corrected chi connectivity index (χ2v) is 12.0. The molecule has 9 nitrogen and oxygen atoms in total. The summed E-state index contributed by atoms with van der Waals surface area (Å²) in [4.78, 5) is 22.4. The molecule has 13 heteroatoms. The van der Waals surface area contributed by atoms with Gasteiger partial charge in [-0.2, -0.15) is 4.99 Å². The molecule has 0 bridgehead atoms. The number of nitrogens with one attached hydrogen (secondary N) is 1. The minimum atomic E-state index is -4.76. The van der Waals surface area contributed by atoms with Gasteiger partial charge in [-0.15, -0.1) is 29.6 Å². The molecule has 1 unspecified atom stereocenters. The van der Waals surface area contributed by atoms with Gasteiger partial charge in [-0.05, 0) is 72.9 Å². The van der Waals surface area contributed by atoms with Gasteiger partial charge in [0.1, 0.15) is 17.8 Å². The second kappa shape index (κ2) is 14.2. The molecule has 2 amide bonds. The van der Waals surface area contributed by atoms with Gasteiger partial charge < -0.3 is 14.8 Å². The normalized spacial score (nSPS) is 12.7. The van der Waals surface area contributed by atoms with E-state index in [0.29, 0.717) is 22.9 Å². The van der Waals surface area contributed by atoms with Crippen LogP contribution in [0.4, 0.5) is 18.0 Å². The van der Waals surface area contributed by atoms with Gasteiger partial charge in [-0.25, -0.2) is 14.5 Å². The van der Waals surface area contributed by atoms with Gasteiger partial charge in [0, 0.05) is 29.1 Å². The van der Waals surface area contributed by atoms with E-state index < -0.39 is 12.4 Å². The van der Waals surface area contributed by atoms with Crippen LogP contribution in [0.3, 0.4) is 0 Å². The Hall–Kier alpha value is -4.91. The van der Waals surface area contributed by atoms with Crippen LogP contribution in [0.15, 0.2) is 83.4 Å². The lowest BCUT2D eigenvalue weighted by molar-refractivity contribution is -0.274. The number of amides is 2. The van der Waals surface area contributed by atoms with E-state index in [-0.39, 0.29) is 17.6 Å². The van der Waals surface area contributed by atoms with Crippen molar-refractivity contribution < 1.29 is 27.4 Å². The van der Waals surface area contributed by atoms with E-state index in [0.717, 1.165) is 40.2 Å². The molecule has 1 atom stereocenters. The fraction of sp³-hybridized carbons (Fsp3) is 0.294. The molecular weight excluding hydrogens is 629 g/mol. The van der Waals surface area contributed by atoms with Crippen molar-refractivity contribution in [2.45, 2.75) is 52.3 Å². The van der Waals surface area contributed by atoms with Gasteiger partial charge >= 0.3 is 12.4 Å². The molecule has 0 saturated carbocycles. The maximum Gasteiger partial charge on any atom is 0.573 e. The molecule has 47 heavy (non-hydrogen) atoms. The Kier molecular flexibility index (Phi) is 10.1. The largest absolute Gasteiger partial charge is 0.573 e. The zero-order valence-electron chi connectivity index (χ0n) is 26.6. The molecule has 0 aliphatic carbocycles. The Bertz CT molecular complexity index is 1890. The van der Waals surface area contributed by atoms with Crippen LogP contribution in [0, 0.1) is 6.92 Å². The van der Waals surface area contributed by atoms with Crippen molar-refractivity contribution in [1.82, 2.24) is 24.6 Å². The third-order valence-corrected chi connectivity index (χ3v) is 8.58. The summed E-state index contributed by atoms with van der Waals surface area (Å²) in [5.74, 6) is 1.21. The second-order valence-electron chi connectivity index (χ2n) is 11.2. The summed E-state index contributed by atoms with van der Waals surface area (Å²) in [6.07, 6.45) is -2.47. The zero-order chi connectivity index (χ0) is 33.7. The molecule has 0 radical (unpaired) electrons. The lowest BCUT2D eigenvalue weighted by atomic mass is 9.95. The van der Waals surface area contributed by atoms with Crippen LogP contribution in [0.1, 0.15) is 55.8 Å². The van der Waals surface area contributed by atoms with Crippen LogP contribution in [0.25, 0.3) is 22.8 Å². The summed E-state index contributed by atoms with van der Waals surface area (Å²) >= 11 is 1.41. The number of nitrogens with zero attached hydrogens (tertiary/aromatic N) is 5. The topological polar surface area (TPSA) is 95.6 Å². The number of carbonyl (C=O) groups excluding carboxylic acids is 1. The van der Waals surface area contributed by atoms with Gasteiger partial charge in [0.25, 0.3) is 0 Å². The van der Waals surface area contributed by atoms with E-state index in [1.807, 2.05) is 59.3 Å². The molecule has 0 spiro atoms. The Morgan fingerprint density at radius 1 is 1.04 bits per heavy atom. The molecule has 5 aromatic rings. The number of rotatable bonds is 10. The van der Waals surface area contributed by atoms with E-state index in [2.05, 4.69) is 45.9 Å². The number of halogens is 3. The molecule has 1 N–H and O–H groups in total. The number of hydrogen-bond acceptors (Lipinski definition) is 6. The van der Waals surface area contributed by atoms with E-state index in [4.69, 9.17) is 4.74 Å². The molecule has 0 fully saturated rings. The molecule has 3 aromatic carbocycles. The Morgan fingerprint density at radius 2 is 1.74 bits per heavy atom. The van der Waals surface area contributed by atoms with Gasteiger partial charge in [-0.1, -0.05) is 45.0 Å². The molecule has 2 aromatic heterocycles. The highest BCUT2D eigenvalue weighted by Gasteiger charge is 2.31. The van der Waals surface area contributed by atoms with E-state index in [1.54, 1.807) is 7.11 Å². The van der Waals surface area contributed by atoms with Crippen molar-refractivity contribution in [3.05, 3.63) is 100 Å². The number of ether oxygens (including phenoxy) is 2. The molecule has 0 aliphatic heterocycles. The van der Waals surface area contributed by atoms with Crippen LogP contribution in [-0.2, 0) is 0 Å². The predicted octanol–water partition coefficient (Wildman–Crippen LogP) is 7.93. The van der Waals surface area contributed by atoms with Crippen molar-refractivity contribution in [1.29, 1.82) is 0 Å². The molecule has 0 aliphatic rings. The summed E-state index contributed by atoms with van der Waals surface area (Å²) in [5, 5.41) is 9.43. The SMILES string of the molecule is CCC(CNC(=O)N=c1scc(C)n1-c1ccc(OC)cc1C(C)C)c1ccc(-c2ncn(-c3ccc(OC(F)(F)F)cc3)n2)cc1. The lowest BCUT2D eigenvalue weighted by Crippen LogP contribution is -2.28. The third-order valence-electron chi connectivity index (χ3n) is 7.63. The van der Waals surface area contributed by atoms with Crippen molar-refractivity contribution in [3.63, 3.8) is 0 Å². The van der Waals surface area contributed by atoms with Gasteiger partial charge in [0.2, 0.25) is 0 Å². The summed E-state index contributed by atoms with van der Waals surface area (Å²) in [6, 6.07) is 18.7. The number of alkyl halides is 3. The summed E-state index contributed by atoms with van der Waals surface area (Å²) in [5.41, 5.74) is 5.39. The smallest absolute Gasteiger partial charge is 0.497 e. The quantitative estimate of drug-likeness (QED) is 0.164. The van der Waals surface area contributed by atoms with Crippen LogP contribution in [0.2, 0.25) is 0 Å². The summed E-state index contributed by atoms with van der Waals surface area (Å²) in [7, 11) is 1.64. The highest BCUT2D eigenvalue weighted by atomic mass is 32.1. The molecular formula is C34H35F3N6O3S. The number of aromatic nitrogens is 4. The standard InChI is InChI=1S/C34H35F3N6O3S/c1-6-23(18-38-32(44)40-33-43(22(4)19-47-33)30-16-15-28(45-5)17-29(30)21(2)3)24-7-9-25(10-8-24)31-39-20-42(41-31)26-11-13-27(14-12-26)46-34(35,36)37/h7-17,19-21,23H,6,18H2,1-5H3,(H,38,44). The molecule has 2 heterocycles. The number of carbonyl (C=O) groups is 1. The Morgan fingerprint density at radius 3 is 2.38 bits per heavy atom. The highest BCUT2D eigenvalue weighted by molar-refractivity contribution is 7.07. The van der Waals surface area contributed by atoms with Gasteiger partial charge in [0.15, 0.2) is 10.6 Å². The minimum absolute atomic E-state index is 0.0532. The van der Waals surface area contributed by atoms with Crippen LogP contribution >= 0.6 is 11.3 Å². The first-order valence-electron chi connectivity index (χ1n) is 15.0. The first-order chi connectivity index (χ1) is 22.5. The van der Waals surface area contributed by atoms with Crippen LogP contribution < -0.4 is 19.6 Å². The van der Waals surface area contributed by atoms with Crippen molar-refractivity contribution in [2.75, 3.05) is 13.7 Å². The summed E-state index contributed by atoms with van der Waals surface area (Å²) < 4.78 is 50.2. The number of thiazole rings is 1. The number of aryl methyl sites for hydroxylation is 1. The van der Waals surface area contributed by atoms with Gasteiger partial charge in [0.05, 0.1) is 18.5 Å². The fourth-order valence-corrected chi connectivity index (χ4v) is 6.01. The van der Waals surface area contributed by atoms with Crippen LogP contribution in [0.5, 0.6) is 11.5 Å².